The average molecular weight is 293 g/mol. The van der Waals surface area contributed by atoms with Gasteiger partial charge in [-0.1, -0.05) is 11.6 Å². The maximum absolute atomic E-state index is 13.6. The third-order valence-corrected chi connectivity index (χ3v) is 3.17. The number of hydrogen-bond acceptors (Lipinski definition) is 3. The molecule has 102 valence electrons. The van der Waals surface area contributed by atoms with Crippen LogP contribution in [-0.2, 0) is 11.2 Å². The summed E-state index contributed by atoms with van der Waals surface area (Å²) in [7, 11) is 0. The molecule has 1 aromatic carbocycles. The molecule has 4 nitrogen and oxygen atoms in total. The number of aryl methyl sites for hydroxylation is 1. The lowest BCUT2D eigenvalue weighted by molar-refractivity contribution is -0.116. The van der Waals surface area contributed by atoms with Crippen molar-refractivity contribution in [2.75, 3.05) is 5.32 Å². The van der Waals surface area contributed by atoms with Crippen molar-refractivity contribution in [1.82, 2.24) is 4.98 Å². The van der Waals surface area contributed by atoms with Gasteiger partial charge in [0.1, 0.15) is 5.75 Å². The highest BCUT2D eigenvalue weighted by molar-refractivity contribution is 6.30. The number of anilines is 1. The molecule has 1 aliphatic rings. The van der Waals surface area contributed by atoms with Gasteiger partial charge in [-0.3, -0.25) is 4.79 Å². The van der Waals surface area contributed by atoms with Crippen molar-refractivity contribution in [3.8, 4) is 11.6 Å². The van der Waals surface area contributed by atoms with Gasteiger partial charge in [0.05, 0.1) is 5.02 Å². The second-order valence-electron chi connectivity index (χ2n) is 4.41. The second kappa shape index (κ2) is 5.09. The molecule has 1 amide bonds. The Labute approximate surface area is 119 Å². The van der Waals surface area contributed by atoms with E-state index in [1.807, 2.05) is 0 Å². The molecule has 0 saturated carbocycles. The summed E-state index contributed by atoms with van der Waals surface area (Å²) in [5.74, 6) is -0.289. The number of pyridine rings is 1. The van der Waals surface area contributed by atoms with E-state index in [0.717, 1.165) is 17.3 Å². The number of fused-ring (bicyclic) bond motifs is 1. The number of hydrogen-bond donors (Lipinski definition) is 1. The van der Waals surface area contributed by atoms with Crippen molar-refractivity contribution < 1.29 is 13.9 Å². The van der Waals surface area contributed by atoms with Gasteiger partial charge < -0.3 is 10.1 Å². The summed E-state index contributed by atoms with van der Waals surface area (Å²) in [6.07, 6.45) is 2.39. The number of nitrogens with zero attached hydrogens (tertiary/aromatic N) is 1. The maximum Gasteiger partial charge on any atom is 0.255 e. The molecule has 20 heavy (non-hydrogen) atoms. The van der Waals surface area contributed by atoms with Gasteiger partial charge in [0.15, 0.2) is 5.82 Å². The van der Waals surface area contributed by atoms with Crippen LogP contribution in [0.1, 0.15) is 12.0 Å². The fourth-order valence-corrected chi connectivity index (χ4v) is 2.16. The van der Waals surface area contributed by atoms with Crippen molar-refractivity contribution in [2.24, 2.45) is 0 Å². The first kappa shape index (κ1) is 12.9. The summed E-state index contributed by atoms with van der Waals surface area (Å²) in [5.41, 5.74) is 1.72. The zero-order valence-electron chi connectivity index (χ0n) is 10.3. The van der Waals surface area contributed by atoms with E-state index in [0.29, 0.717) is 18.6 Å². The first-order valence-electron chi connectivity index (χ1n) is 6.03. The van der Waals surface area contributed by atoms with Crippen LogP contribution in [0.15, 0.2) is 30.5 Å². The molecule has 1 aliphatic heterocycles. The van der Waals surface area contributed by atoms with Crippen molar-refractivity contribution >= 4 is 23.2 Å². The second-order valence-corrected chi connectivity index (χ2v) is 4.85. The lowest BCUT2D eigenvalue weighted by Gasteiger charge is -2.17. The normalized spacial score (nSPS) is 13.6. The molecular formula is C14H10ClFN2O2. The number of amides is 1. The highest BCUT2D eigenvalue weighted by Crippen LogP contribution is 2.30. The Morgan fingerprint density at radius 2 is 2.15 bits per heavy atom. The average Bonchev–Trinajstić information content (AvgIpc) is 2.42. The van der Waals surface area contributed by atoms with Crippen LogP contribution in [0.3, 0.4) is 0 Å². The van der Waals surface area contributed by atoms with Crippen LogP contribution in [0.4, 0.5) is 10.1 Å². The maximum atomic E-state index is 13.6. The molecule has 0 fully saturated rings. The minimum absolute atomic E-state index is 0.00317. The highest BCUT2D eigenvalue weighted by atomic mass is 35.5. The summed E-state index contributed by atoms with van der Waals surface area (Å²) in [6, 6.07) is 6.29. The van der Waals surface area contributed by atoms with Gasteiger partial charge in [0.25, 0.3) is 5.88 Å². The van der Waals surface area contributed by atoms with Crippen molar-refractivity contribution in [1.29, 1.82) is 0 Å². The quantitative estimate of drug-likeness (QED) is 0.921. The Kier molecular flexibility index (Phi) is 3.28. The van der Waals surface area contributed by atoms with Crippen LogP contribution in [0, 0.1) is 5.82 Å². The van der Waals surface area contributed by atoms with E-state index in [1.54, 1.807) is 18.2 Å². The van der Waals surface area contributed by atoms with Crippen molar-refractivity contribution in [3.05, 3.63) is 46.9 Å². The molecule has 0 spiro atoms. The molecule has 6 heteroatoms. The zero-order valence-corrected chi connectivity index (χ0v) is 11.1. The number of benzene rings is 1. The molecule has 3 rings (SSSR count). The molecule has 0 bridgehead atoms. The molecule has 1 N–H and O–H groups in total. The number of carbonyl (C=O) groups excluding carboxylic acids is 1. The number of ether oxygens (including phenoxy) is 1. The predicted molar refractivity (Wildman–Crippen MR) is 72.7 cm³/mol. The van der Waals surface area contributed by atoms with Gasteiger partial charge in [-0.15, -0.1) is 0 Å². The van der Waals surface area contributed by atoms with E-state index in [1.165, 1.54) is 6.20 Å². The summed E-state index contributed by atoms with van der Waals surface area (Å²) < 4.78 is 19.0. The molecule has 2 heterocycles. The first-order valence-corrected chi connectivity index (χ1v) is 6.41. The molecule has 0 unspecified atom stereocenters. The van der Waals surface area contributed by atoms with Crippen LogP contribution in [0.25, 0.3) is 0 Å². The summed E-state index contributed by atoms with van der Waals surface area (Å²) >= 11 is 5.63. The van der Waals surface area contributed by atoms with E-state index in [2.05, 4.69) is 10.3 Å². The van der Waals surface area contributed by atoms with Crippen LogP contribution in [0.5, 0.6) is 11.6 Å². The third-order valence-electron chi connectivity index (χ3n) is 2.96. The summed E-state index contributed by atoms with van der Waals surface area (Å²) in [4.78, 5) is 15.1. The summed E-state index contributed by atoms with van der Waals surface area (Å²) in [5, 5.41) is 2.98. The van der Waals surface area contributed by atoms with Crippen LogP contribution >= 0.6 is 11.6 Å². The Morgan fingerprint density at radius 1 is 1.30 bits per heavy atom. The fraction of sp³-hybridized carbons (Fsp3) is 0.143. The van der Waals surface area contributed by atoms with Gasteiger partial charge in [-0.05, 0) is 36.2 Å². The van der Waals surface area contributed by atoms with E-state index < -0.39 is 5.82 Å². The smallest absolute Gasteiger partial charge is 0.255 e. The van der Waals surface area contributed by atoms with Gasteiger partial charge in [-0.25, -0.2) is 9.37 Å². The fourth-order valence-electron chi connectivity index (χ4n) is 2.01. The number of carbonyl (C=O) groups is 1. The number of nitrogens with one attached hydrogen (secondary N) is 1. The lowest BCUT2D eigenvalue weighted by Crippen LogP contribution is -2.18. The Hall–Kier alpha value is -2.14. The number of aromatic nitrogens is 1. The van der Waals surface area contributed by atoms with Gasteiger partial charge in [0.2, 0.25) is 5.91 Å². The number of rotatable bonds is 2. The van der Waals surface area contributed by atoms with Crippen molar-refractivity contribution in [2.45, 2.75) is 12.8 Å². The number of halogens is 2. The molecule has 0 aliphatic carbocycles. The molecule has 0 saturated heterocycles. The van der Waals surface area contributed by atoms with Crippen molar-refractivity contribution in [3.63, 3.8) is 0 Å². The Balaban J connectivity index is 1.86. The molecule has 2 aromatic rings. The Bertz CT molecular complexity index is 691. The predicted octanol–water partition coefficient (Wildman–Crippen LogP) is 3.55. The lowest BCUT2D eigenvalue weighted by atomic mass is 10.0. The van der Waals surface area contributed by atoms with E-state index >= 15 is 0 Å². The topological polar surface area (TPSA) is 51.2 Å². The minimum atomic E-state index is -0.622. The van der Waals surface area contributed by atoms with Gasteiger partial charge in [0, 0.05) is 18.3 Å². The minimum Gasteiger partial charge on any atom is -0.436 e. The molecule has 0 atom stereocenters. The van der Waals surface area contributed by atoms with E-state index in [-0.39, 0.29) is 16.8 Å². The SMILES string of the molecule is O=C1CCc2cc(Oc3ncc(Cl)cc3F)ccc2N1. The van der Waals surface area contributed by atoms with Crippen LogP contribution in [0.2, 0.25) is 5.02 Å². The van der Waals surface area contributed by atoms with Crippen LogP contribution in [-0.4, -0.2) is 10.9 Å². The standard InChI is InChI=1S/C14H10ClFN2O2/c15-9-6-11(16)14(17-7-9)20-10-2-3-12-8(5-10)1-4-13(19)18-12/h2-3,5-7H,1,4H2,(H,18,19). The van der Waals surface area contributed by atoms with Gasteiger partial charge in [-0.2, -0.15) is 0 Å². The summed E-state index contributed by atoms with van der Waals surface area (Å²) in [6.45, 7) is 0. The molecular weight excluding hydrogens is 283 g/mol. The molecule has 0 radical (unpaired) electrons. The monoisotopic (exact) mass is 292 g/mol. The van der Waals surface area contributed by atoms with E-state index in [9.17, 15) is 9.18 Å². The largest absolute Gasteiger partial charge is 0.436 e. The van der Waals surface area contributed by atoms with E-state index in [4.69, 9.17) is 16.3 Å². The van der Waals surface area contributed by atoms with Gasteiger partial charge >= 0.3 is 0 Å². The Morgan fingerprint density at radius 3 is 2.95 bits per heavy atom. The molecule has 1 aromatic heterocycles. The highest BCUT2D eigenvalue weighted by Gasteiger charge is 2.16. The zero-order chi connectivity index (χ0) is 14.1. The van der Waals surface area contributed by atoms with Crippen LogP contribution < -0.4 is 10.1 Å². The third kappa shape index (κ3) is 2.58. The first-order chi connectivity index (χ1) is 9.61.